The van der Waals surface area contributed by atoms with Gasteiger partial charge in [-0.1, -0.05) is 61.7 Å². The molecule has 0 saturated heterocycles. The van der Waals surface area contributed by atoms with Crippen molar-refractivity contribution in [1.82, 2.24) is 0 Å². The van der Waals surface area contributed by atoms with Crippen molar-refractivity contribution < 1.29 is 22.3 Å². The molecule has 2 aliphatic carbocycles. The summed E-state index contributed by atoms with van der Waals surface area (Å²) in [5.74, 6) is -1.54. The van der Waals surface area contributed by atoms with E-state index in [1.54, 1.807) is 24.3 Å². The van der Waals surface area contributed by atoms with E-state index in [9.17, 15) is 17.6 Å². The predicted octanol–water partition coefficient (Wildman–Crippen LogP) is 9.10. The zero-order valence-corrected chi connectivity index (χ0v) is 20.0. The summed E-state index contributed by atoms with van der Waals surface area (Å²) >= 11 is 0. The highest BCUT2D eigenvalue weighted by Gasteiger charge is 2.44. The van der Waals surface area contributed by atoms with Crippen LogP contribution in [0.4, 0.5) is 17.6 Å². The van der Waals surface area contributed by atoms with E-state index in [0.717, 1.165) is 23.6 Å². The van der Waals surface area contributed by atoms with Crippen LogP contribution in [0.3, 0.4) is 0 Å². The standard InChI is InChI=1S/C29H34F4O/c1-19-3-7-21(8-4-19)9-10-22-11-15-24(16-12-22)29(32,33)34-25-17-26(30)28(27(31)18-25)23-13-5-20(2)6-14-23/h5-6,9-10,13-14,17-19,21-22,24H,3-4,7-8,11-12,15-16H2,1-2H3/b10-9+. The number of aryl methyl sites for hydroxylation is 1. The molecule has 2 aromatic carbocycles. The Kier molecular flexibility index (Phi) is 7.69. The second kappa shape index (κ2) is 10.5. The summed E-state index contributed by atoms with van der Waals surface area (Å²) in [4.78, 5) is 0. The van der Waals surface area contributed by atoms with Gasteiger partial charge in [0.1, 0.15) is 17.4 Å². The summed E-state index contributed by atoms with van der Waals surface area (Å²) < 4.78 is 64.0. The van der Waals surface area contributed by atoms with Crippen LogP contribution in [0.15, 0.2) is 48.6 Å². The minimum Gasteiger partial charge on any atom is -0.432 e. The molecule has 5 heteroatoms. The molecule has 2 aromatic rings. The molecule has 0 amide bonds. The number of hydrogen-bond donors (Lipinski definition) is 0. The van der Waals surface area contributed by atoms with E-state index in [0.29, 0.717) is 43.1 Å². The molecule has 0 N–H and O–H groups in total. The molecular formula is C29H34F4O. The lowest BCUT2D eigenvalue weighted by Crippen LogP contribution is -2.37. The van der Waals surface area contributed by atoms with Crippen LogP contribution in [0.1, 0.15) is 63.9 Å². The molecule has 0 spiro atoms. The molecule has 4 rings (SSSR count). The first-order valence-electron chi connectivity index (χ1n) is 12.5. The van der Waals surface area contributed by atoms with Crippen LogP contribution in [0.5, 0.6) is 5.75 Å². The molecule has 0 bridgehead atoms. The first-order valence-corrected chi connectivity index (χ1v) is 12.5. The third-order valence-corrected chi connectivity index (χ3v) is 7.57. The highest BCUT2D eigenvalue weighted by atomic mass is 19.3. The fraction of sp³-hybridized carbons (Fsp3) is 0.517. The number of alkyl halides is 2. The van der Waals surface area contributed by atoms with Gasteiger partial charge in [0.05, 0.1) is 11.5 Å². The Morgan fingerprint density at radius 3 is 1.82 bits per heavy atom. The van der Waals surface area contributed by atoms with Crippen molar-refractivity contribution in [2.45, 2.75) is 71.3 Å². The Hall–Kier alpha value is -2.30. The SMILES string of the molecule is Cc1ccc(-c2c(F)cc(OC(F)(F)C3CCC(/C=C/C4CCC(C)CC4)CC3)cc2F)cc1. The van der Waals surface area contributed by atoms with Crippen molar-refractivity contribution in [3.05, 3.63) is 65.7 Å². The Morgan fingerprint density at radius 2 is 1.29 bits per heavy atom. The van der Waals surface area contributed by atoms with E-state index in [2.05, 4.69) is 19.1 Å². The summed E-state index contributed by atoms with van der Waals surface area (Å²) in [6.07, 6.45) is 8.03. The van der Waals surface area contributed by atoms with Gasteiger partial charge in [-0.05, 0) is 68.8 Å². The lowest BCUT2D eigenvalue weighted by molar-refractivity contribution is -0.223. The second-order valence-electron chi connectivity index (χ2n) is 10.3. The lowest BCUT2D eigenvalue weighted by Gasteiger charge is -2.32. The van der Waals surface area contributed by atoms with Gasteiger partial charge in [-0.15, -0.1) is 0 Å². The Bertz CT molecular complexity index is 959. The van der Waals surface area contributed by atoms with Gasteiger partial charge >= 0.3 is 6.11 Å². The third kappa shape index (κ3) is 6.03. The van der Waals surface area contributed by atoms with Gasteiger partial charge < -0.3 is 4.74 Å². The van der Waals surface area contributed by atoms with Crippen LogP contribution >= 0.6 is 0 Å². The van der Waals surface area contributed by atoms with Crippen molar-refractivity contribution in [1.29, 1.82) is 0 Å². The summed E-state index contributed by atoms with van der Waals surface area (Å²) in [6, 6.07) is 8.40. The molecule has 2 aliphatic rings. The smallest absolute Gasteiger partial charge is 0.400 e. The second-order valence-corrected chi connectivity index (χ2v) is 10.3. The predicted molar refractivity (Wildman–Crippen MR) is 128 cm³/mol. The summed E-state index contributed by atoms with van der Waals surface area (Å²) in [5.41, 5.74) is 1.07. The quantitative estimate of drug-likeness (QED) is 0.300. The largest absolute Gasteiger partial charge is 0.432 e. The fourth-order valence-corrected chi connectivity index (χ4v) is 5.29. The van der Waals surface area contributed by atoms with Crippen molar-refractivity contribution >= 4 is 0 Å². The minimum absolute atomic E-state index is 0.240. The van der Waals surface area contributed by atoms with Gasteiger partial charge in [-0.3, -0.25) is 0 Å². The first kappa shape index (κ1) is 24.8. The Labute approximate surface area is 200 Å². The van der Waals surface area contributed by atoms with Crippen molar-refractivity contribution in [3.63, 3.8) is 0 Å². The molecule has 0 aromatic heterocycles. The maximum Gasteiger partial charge on any atom is 0.400 e. The van der Waals surface area contributed by atoms with Crippen molar-refractivity contribution in [3.8, 4) is 16.9 Å². The molecule has 2 fully saturated rings. The van der Waals surface area contributed by atoms with E-state index in [-0.39, 0.29) is 5.56 Å². The number of halogens is 4. The van der Waals surface area contributed by atoms with Crippen LogP contribution in [0.25, 0.3) is 11.1 Å². The van der Waals surface area contributed by atoms with Crippen LogP contribution in [-0.4, -0.2) is 6.11 Å². The van der Waals surface area contributed by atoms with Gasteiger partial charge in [0.25, 0.3) is 0 Å². The van der Waals surface area contributed by atoms with E-state index in [1.807, 2.05) is 6.92 Å². The maximum absolute atomic E-state index is 14.9. The van der Waals surface area contributed by atoms with Gasteiger partial charge in [0, 0.05) is 12.1 Å². The molecule has 1 nitrogen and oxygen atoms in total. The van der Waals surface area contributed by atoms with Gasteiger partial charge in [0.2, 0.25) is 0 Å². The molecule has 0 radical (unpaired) electrons. The highest BCUT2D eigenvalue weighted by molar-refractivity contribution is 5.66. The van der Waals surface area contributed by atoms with Crippen LogP contribution in [0, 0.1) is 42.2 Å². The van der Waals surface area contributed by atoms with E-state index in [4.69, 9.17) is 4.74 Å². The van der Waals surface area contributed by atoms with Crippen molar-refractivity contribution in [2.75, 3.05) is 0 Å². The zero-order chi connectivity index (χ0) is 24.3. The number of hydrogen-bond acceptors (Lipinski definition) is 1. The third-order valence-electron chi connectivity index (χ3n) is 7.57. The molecular weight excluding hydrogens is 440 g/mol. The fourth-order valence-electron chi connectivity index (χ4n) is 5.29. The topological polar surface area (TPSA) is 9.23 Å². The monoisotopic (exact) mass is 474 g/mol. The normalized spacial score (nSPS) is 26.1. The van der Waals surface area contributed by atoms with Crippen LogP contribution in [0.2, 0.25) is 0 Å². The summed E-state index contributed by atoms with van der Waals surface area (Å²) in [5, 5.41) is 0. The average Bonchev–Trinajstić information content (AvgIpc) is 2.79. The Morgan fingerprint density at radius 1 is 0.794 bits per heavy atom. The van der Waals surface area contributed by atoms with Gasteiger partial charge in [0.15, 0.2) is 0 Å². The summed E-state index contributed by atoms with van der Waals surface area (Å²) in [6.45, 7) is 4.17. The first-order chi connectivity index (χ1) is 16.2. The van der Waals surface area contributed by atoms with E-state index in [1.165, 1.54) is 25.7 Å². The van der Waals surface area contributed by atoms with Gasteiger partial charge in [-0.25, -0.2) is 8.78 Å². The van der Waals surface area contributed by atoms with Crippen LogP contribution < -0.4 is 4.74 Å². The lowest BCUT2D eigenvalue weighted by atomic mass is 9.79. The molecule has 0 heterocycles. The molecule has 184 valence electrons. The average molecular weight is 475 g/mol. The molecule has 2 saturated carbocycles. The highest BCUT2D eigenvalue weighted by Crippen LogP contribution is 2.41. The van der Waals surface area contributed by atoms with E-state index < -0.39 is 29.4 Å². The number of rotatable bonds is 6. The van der Waals surface area contributed by atoms with Gasteiger partial charge in [-0.2, -0.15) is 8.78 Å². The van der Waals surface area contributed by atoms with Crippen molar-refractivity contribution in [2.24, 2.45) is 23.7 Å². The minimum atomic E-state index is -3.47. The summed E-state index contributed by atoms with van der Waals surface area (Å²) in [7, 11) is 0. The number of benzene rings is 2. The van der Waals surface area contributed by atoms with E-state index >= 15 is 0 Å². The maximum atomic E-state index is 14.9. The molecule has 0 aliphatic heterocycles. The zero-order valence-electron chi connectivity index (χ0n) is 20.0. The number of allylic oxidation sites excluding steroid dienone is 2. The van der Waals surface area contributed by atoms with Crippen LogP contribution in [-0.2, 0) is 0 Å². The number of ether oxygens (including phenoxy) is 1. The molecule has 0 unspecified atom stereocenters. The Balaban J connectivity index is 1.35. The molecule has 0 atom stereocenters. The molecule has 34 heavy (non-hydrogen) atoms.